The van der Waals surface area contributed by atoms with Gasteiger partial charge < -0.3 is 5.73 Å². The van der Waals surface area contributed by atoms with E-state index in [2.05, 4.69) is 22.3 Å². The van der Waals surface area contributed by atoms with E-state index >= 15 is 0 Å². The zero-order valence-electron chi connectivity index (χ0n) is 8.03. The van der Waals surface area contributed by atoms with Gasteiger partial charge in [0.2, 0.25) is 0 Å². The molecule has 0 saturated heterocycles. The van der Waals surface area contributed by atoms with E-state index in [1.54, 1.807) is 0 Å². The fourth-order valence-electron chi connectivity index (χ4n) is 1.49. The maximum atomic E-state index is 5.72. The van der Waals surface area contributed by atoms with E-state index < -0.39 is 0 Å². The lowest BCUT2D eigenvalue weighted by molar-refractivity contribution is 0.739. The van der Waals surface area contributed by atoms with E-state index in [9.17, 15) is 0 Å². The molecule has 1 atom stereocenters. The van der Waals surface area contributed by atoms with E-state index in [4.69, 9.17) is 5.73 Å². The van der Waals surface area contributed by atoms with E-state index in [1.807, 2.05) is 19.2 Å². The first kappa shape index (κ1) is 11.0. The second-order valence-electron chi connectivity index (χ2n) is 3.47. The molecule has 0 aliphatic heterocycles. The number of H-pyrrole nitrogens is 1. The smallest absolute Gasteiger partial charge is 0.0650 e. The Labute approximate surface area is 89.1 Å². The van der Waals surface area contributed by atoms with Crippen LogP contribution in [0.25, 0.3) is 10.9 Å². The molecule has 0 fully saturated rings. The molecule has 0 aliphatic carbocycles. The lowest BCUT2D eigenvalue weighted by atomic mass is 10.1. The van der Waals surface area contributed by atoms with Crippen LogP contribution in [0.15, 0.2) is 24.4 Å². The Balaban J connectivity index is 0.000000980. The van der Waals surface area contributed by atoms with Crippen molar-refractivity contribution in [1.82, 2.24) is 10.2 Å². The van der Waals surface area contributed by atoms with Crippen LogP contribution in [0.5, 0.6) is 0 Å². The number of fused-ring (bicyclic) bond motifs is 1. The summed E-state index contributed by atoms with van der Waals surface area (Å²) in [5.74, 6) is 0. The summed E-state index contributed by atoms with van der Waals surface area (Å²) in [7, 11) is 0. The summed E-state index contributed by atoms with van der Waals surface area (Å²) >= 11 is 0. The highest BCUT2D eigenvalue weighted by Crippen LogP contribution is 2.13. The topological polar surface area (TPSA) is 54.7 Å². The SMILES string of the molecule is CC(N)Cc1ccc2[nH]ncc2c1.Cl. The third-order valence-corrected chi connectivity index (χ3v) is 2.06. The van der Waals surface area contributed by atoms with Gasteiger partial charge in [-0.15, -0.1) is 12.4 Å². The summed E-state index contributed by atoms with van der Waals surface area (Å²) < 4.78 is 0. The molecule has 1 heterocycles. The van der Waals surface area contributed by atoms with Crippen molar-refractivity contribution in [1.29, 1.82) is 0 Å². The van der Waals surface area contributed by atoms with Crippen molar-refractivity contribution in [3.05, 3.63) is 30.0 Å². The zero-order chi connectivity index (χ0) is 9.26. The Morgan fingerprint density at radius 3 is 3.00 bits per heavy atom. The molecule has 4 heteroatoms. The normalized spacial score (nSPS) is 12.4. The number of nitrogens with two attached hydrogens (primary N) is 1. The van der Waals surface area contributed by atoms with Crippen LogP contribution in [0.4, 0.5) is 0 Å². The highest BCUT2D eigenvalue weighted by atomic mass is 35.5. The number of aromatic nitrogens is 2. The van der Waals surface area contributed by atoms with Crippen LogP contribution in [-0.2, 0) is 6.42 Å². The second-order valence-corrected chi connectivity index (χ2v) is 3.47. The molecule has 0 saturated carbocycles. The van der Waals surface area contributed by atoms with Crippen LogP contribution >= 0.6 is 12.4 Å². The number of halogens is 1. The Bertz CT molecular complexity index is 408. The summed E-state index contributed by atoms with van der Waals surface area (Å²) in [6.45, 7) is 2.01. The molecule has 0 aliphatic rings. The van der Waals surface area contributed by atoms with E-state index in [0.717, 1.165) is 17.3 Å². The Morgan fingerprint density at radius 2 is 2.29 bits per heavy atom. The number of aromatic amines is 1. The number of rotatable bonds is 2. The van der Waals surface area contributed by atoms with Crippen molar-refractivity contribution >= 4 is 23.3 Å². The maximum absolute atomic E-state index is 5.72. The summed E-state index contributed by atoms with van der Waals surface area (Å²) in [5, 5.41) is 8.04. The average molecular weight is 212 g/mol. The molecule has 2 aromatic rings. The number of nitrogens with zero attached hydrogens (tertiary/aromatic N) is 1. The van der Waals surface area contributed by atoms with Gasteiger partial charge in [0.1, 0.15) is 0 Å². The van der Waals surface area contributed by atoms with Crippen LogP contribution in [0.1, 0.15) is 12.5 Å². The molecule has 1 unspecified atom stereocenters. The summed E-state index contributed by atoms with van der Waals surface area (Å²) in [4.78, 5) is 0. The molecule has 0 bridgehead atoms. The molecular formula is C10H14ClN3. The van der Waals surface area contributed by atoms with E-state index in [0.29, 0.717) is 0 Å². The van der Waals surface area contributed by atoms with Crippen molar-refractivity contribution in [3.8, 4) is 0 Å². The molecule has 14 heavy (non-hydrogen) atoms. The molecule has 2 rings (SSSR count). The fraction of sp³-hybridized carbons (Fsp3) is 0.300. The van der Waals surface area contributed by atoms with Gasteiger partial charge in [-0.3, -0.25) is 5.10 Å². The van der Waals surface area contributed by atoms with Gasteiger partial charge in [0.05, 0.1) is 11.7 Å². The van der Waals surface area contributed by atoms with Crippen LogP contribution < -0.4 is 5.73 Å². The van der Waals surface area contributed by atoms with Crippen molar-refractivity contribution in [2.24, 2.45) is 5.73 Å². The third-order valence-electron chi connectivity index (χ3n) is 2.06. The fourth-order valence-corrected chi connectivity index (χ4v) is 1.49. The number of hydrogen-bond donors (Lipinski definition) is 2. The minimum atomic E-state index is 0. The van der Waals surface area contributed by atoms with Crippen molar-refractivity contribution < 1.29 is 0 Å². The van der Waals surface area contributed by atoms with Crippen LogP contribution in [-0.4, -0.2) is 16.2 Å². The lowest BCUT2D eigenvalue weighted by Gasteiger charge is -2.04. The first-order chi connectivity index (χ1) is 6.25. The predicted molar refractivity (Wildman–Crippen MR) is 60.7 cm³/mol. The summed E-state index contributed by atoms with van der Waals surface area (Å²) in [5.41, 5.74) is 8.07. The minimum absolute atomic E-state index is 0. The van der Waals surface area contributed by atoms with Gasteiger partial charge in [0.15, 0.2) is 0 Å². The van der Waals surface area contributed by atoms with Crippen molar-refractivity contribution in [2.45, 2.75) is 19.4 Å². The number of benzene rings is 1. The predicted octanol–water partition coefficient (Wildman–Crippen LogP) is 1.87. The van der Waals surface area contributed by atoms with Crippen LogP contribution in [0, 0.1) is 0 Å². The van der Waals surface area contributed by atoms with Gasteiger partial charge in [-0.05, 0) is 31.0 Å². The van der Waals surface area contributed by atoms with Crippen LogP contribution in [0.2, 0.25) is 0 Å². The van der Waals surface area contributed by atoms with Crippen molar-refractivity contribution in [3.63, 3.8) is 0 Å². The summed E-state index contributed by atoms with van der Waals surface area (Å²) in [6, 6.07) is 6.47. The first-order valence-corrected chi connectivity index (χ1v) is 4.43. The molecule has 0 spiro atoms. The van der Waals surface area contributed by atoms with Gasteiger partial charge in [0, 0.05) is 11.4 Å². The third kappa shape index (κ3) is 2.25. The molecule has 0 radical (unpaired) electrons. The van der Waals surface area contributed by atoms with E-state index in [1.165, 1.54) is 5.56 Å². The molecule has 3 N–H and O–H groups in total. The summed E-state index contributed by atoms with van der Waals surface area (Å²) in [6.07, 6.45) is 2.75. The second kappa shape index (κ2) is 4.44. The quantitative estimate of drug-likeness (QED) is 0.797. The molecule has 0 amide bonds. The average Bonchev–Trinajstić information content (AvgIpc) is 2.49. The van der Waals surface area contributed by atoms with Gasteiger partial charge >= 0.3 is 0 Å². The van der Waals surface area contributed by atoms with Gasteiger partial charge in [-0.25, -0.2) is 0 Å². The van der Waals surface area contributed by atoms with E-state index in [-0.39, 0.29) is 18.4 Å². The molecule has 1 aromatic heterocycles. The van der Waals surface area contributed by atoms with Crippen LogP contribution in [0.3, 0.4) is 0 Å². The number of hydrogen-bond acceptors (Lipinski definition) is 2. The van der Waals surface area contributed by atoms with Crippen molar-refractivity contribution in [2.75, 3.05) is 0 Å². The number of nitrogens with one attached hydrogen (secondary N) is 1. The maximum Gasteiger partial charge on any atom is 0.0650 e. The zero-order valence-corrected chi connectivity index (χ0v) is 8.84. The van der Waals surface area contributed by atoms with Gasteiger partial charge in [-0.2, -0.15) is 5.10 Å². The molecule has 1 aromatic carbocycles. The minimum Gasteiger partial charge on any atom is -0.328 e. The van der Waals surface area contributed by atoms with Gasteiger partial charge in [0.25, 0.3) is 0 Å². The first-order valence-electron chi connectivity index (χ1n) is 4.43. The Hall–Kier alpha value is -1.06. The molecule has 76 valence electrons. The highest BCUT2D eigenvalue weighted by Gasteiger charge is 2.00. The molecule has 3 nitrogen and oxygen atoms in total. The molecular weight excluding hydrogens is 198 g/mol. The Morgan fingerprint density at radius 1 is 1.50 bits per heavy atom. The monoisotopic (exact) mass is 211 g/mol. The Kier molecular flexibility index (Phi) is 3.49. The lowest BCUT2D eigenvalue weighted by Crippen LogP contribution is -2.17. The highest BCUT2D eigenvalue weighted by molar-refractivity contribution is 5.85. The largest absolute Gasteiger partial charge is 0.328 e. The standard InChI is InChI=1S/C10H13N3.ClH/c1-7(11)4-8-2-3-10-9(5-8)6-12-13-10;/h2-3,5-7H,4,11H2,1H3,(H,12,13);1H. The van der Waals surface area contributed by atoms with Gasteiger partial charge in [-0.1, -0.05) is 6.07 Å².